The van der Waals surface area contributed by atoms with Gasteiger partial charge in [0.25, 0.3) is 5.91 Å². The van der Waals surface area contributed by atoms with Crippen molar-refractivity contribution in [1.82, 2.24) is 0 Å². The Hall–Kier alpha value is -3.08. The van der Waals surface area contributed by atoms with Gasteiger partial charge in [-0.3, -0.25) is 14.5 Å². The normalized spacial score (nSPS) is 15.6. The Balaban J connectivity index is 1.84. The van der Waals surface area contributed by atoms with E-state index in [1.807, 2.05) is 19.1 Å². The van der Waals surface area contributed by atoms with E-state index in [2.05, 4.69) is 0 Å². The molecule has 1 atom stereocenters. The first-order valence-electron chi connectivity index (χ1n) is 9.36. The van der Waals surface area contributed by atoms with Crippen LogP contribution in [0.4, 0.5) is 5.69 Å². The van der Waals surface area contributed by atoms with E-state index in [1.165, 1.54) is 0 Å². The molecule has 0 aliphatic carbocycles. The highest BCUT2D eigenvalue weighted by molar-refractivity contribution is 6.31. The molecule has 2 heterocycles. The maximum atomic E-state index is 13.5. The van der Waals surface area contributed by atoms with E-state index in [0.29, 0.717) is 37.8 Å². The lowest BCUT2D eigenvalue weighted by Gasteiger charge is -2.25. The highest BCUT2D eigenvalue weighted by atomic mass is 35.5. The summed E-state index contributed by atoms with van der Waals surface area (Å²) in [6.07, 6.45) is 0. The standard InChI is InChI=1S/C24H15Cl2NO3/c1-13-8-9-19-18(10-13)22(28)20-21(14-4-2-5-15(25)11-14)27(24(29)23(20)30-19)17-7-3-6-16(26)12-17/h2-12,21H,1H3. The van der Waals surface area contributed by atoms with Gasteiger partial charge < -0.3 is 4.42 Å². The number of rotatable bonds is 2. The molecule has 148 valence electrons. The predicted molar refractivity (Wildman–Crippen MR) is 119 cm³/mol. The van der Waals surface area contributed by atoms with E-state index in [9.17, 15) is 9.59 Å². The van der Waals surface area contributed by atoms with E-state index >= 15 is 0 Å². The Morgan fingerprint density at radius 2 is 1.63 bits per heavy atom. The Morgan fingerprint density at radius 1 is 0.900 bits per heavy atom. The van der Waals surface area contributed by atoms with Gasteiger partial charge in [0.15, 0.2) is 5.43 Å². The summed E-state index contributed by atoms with van der Waals surface area (Å²) in [5, 5.41) is 1.45. The molecular weight excluding hydrogens is 421 g/mol. The molecule has 0 saturated carbocycles. The zero-order valence-electron chi connectivity index (χ0n) is 15.9. The van der Waals surface area contributed by atoms with Crippen LogP contribution in [0.25, 0.3) is 11.0 Å². The number of carbonyl (C=O) groups excluding carboxylic acids is 1. The summed E-state index contributed by atoms with van der Waals surface area (Å²) in [4.78, 5) is 28.5. The highest BCUT2D eigenvalue weighted by Gasteiger charge is 2.43. The van der Waals surface area contributed by atoms with Gasteiger partial charge in [0.05, 0.1) is 17.0 Å². The summed E-state index contributed by atoms with van der Waals surface area (Å²) in [5.41, 5.74) is 2.69. The SMILES string of the molecule is Cc1ccc2oc3c(c(=O)c2c1)C(c1cccc(Cl)c1)N(c1cccc(Cl)c1)C3=O. The Kier molecular flexibility index (Phi) is 4.42. The summed E-state index contributed by atoms with van der Waals surface area (Å²) in [5.74, 6) is -0.349. The third kappa shape index (κ3) is 2.92. The molecule has 0 radical (unpaired) electrons. The smallest absolute Gasteiger partial charge is 0.295 e. The molecule has 6 heteroatoms. The third-order valence-corrected chi connectivity index (χ3v) is 5.75. The molecule has 0 spiro atoms. The highest BCUT2D eigenvalue weighted by Crippen LogP contribution is 2.42. The number of nitrogens with zero attached hydrogens (tertiary/aromatic N) is 1. The molecule has 1 amide bonds. The summed E-state index contributed by atoms with van der Waals surface area (Å²) in [6.45, 7) is 1.91. The minimum atomic E-state index is -0.675. The Labute approximate surface area is 182 Å². The molecule has 0 bridgehead atoms. The largest absolute Gasteiger partial charge is 0.450 e. The quantitative estimate of drug-likeness (QED) is 0.378. The van der Waals surface area contributed by atoms with Crippen LogP contribution < -0.4 is 10.3 Å². The van der Waals surface area contributed by atoms with Crippen molar-refractivity contribution < 1.29 is 9.21 Å². The fourth-order valence-corrected chi connectivity index (χ4v) is 4.35. The van der Waals surface area contributed by atoms with Crippen molar-refractivity contribution in [3.8, 4) is 0 Å². The van der Waals surface area contributed by atoms with Crippen LogP contribution in [0.3, 0.4) is 0 Å². The summed E-state index contributed by atoms with van der Waals surface area (Å²) < 4.78 is 5.96. The van der Waals surface area contributed by atoms with Gasteiger partial charge in [0.2, 0.25) is 5.76 Å². The minimum absolute atomic E-state index is 0.0429. The van der Waals surface area contributed by atoms with Crippen molar-refractivity contribution >= 4 is 45.8 Å². The molecule has 0 saturated heterocycles. The lowest BCUT2D eigenvalue weighted by Crippen LogP contribution is -2.29. The second-order valence-electron chi connectivity index (χ2n) is 7.29. The zero-order chi connectivity index (χ0) is 21.0. The van der Waals surface area contributed by atoms with Crippen LogP contribution in [0.15, 0.2) is 75.9 Å². The van der Waals surface area contributed by atoms with Crippen LogP contribution in [-0.4, -0.2) is 5.91 Å². The molecule has 1 unspecified atom stereocenters. The summed E-state index contributed by atoms with van der Waals surface area (Å²) in [6, 6.07) is 18.8. The topological polar surface area (TPSA) is 50.5 Å². The number of carbonyl (C=O) groups is 1. The average molecular weight is 436 g/mol. The number of halogens is 2. The van der Waals surface area contributed by atoms with Crippen LogP contribution in [-0.2, 0) is 0 Å². The number of aryl methyl sites for hydroxylation is 1. The second kappa shape index (κ2) is 7.01. The number of hydrogen-bond donors (Lipinski definition) is 0. The molecule has 1 aromatic heterocycles. The molecule has 5 rings (SSSR count). The molecule has 30 heavy (non-hydrogen) atoms. The van der Waals surface area contributed by atoms with E-state index in [4.69, 9.17) is 27.6 Å². The van der Waals surface area contributed by atoms with Crippen molar-refractivity contribution in [1.29, 1.82) is 0 Å². The van der Waals surface area contributed by atoms with Crippen LogP contribution in [0.1, 0.15) is 33.3 Å². The molecule has 4 aromatic rings. The number of amides is 1. The fourth-order valence-electron chi connectivity index (χ4n) is 3.97. The molecule has 1 aliphatic rings. The van der Waals surface area contributed by atoms with Crippen molar-refractivity contribution in [2.24, 2.45) is 0 Å². The first-order chi connectivity index (χ1) is 14.4. The van der Waals surface area contributed by atoms with Gasteiger partial charge in [0, 0.05) is 15.7 Å². The molecule has 0 fully saturated rings. The first-order valence-corrected chi connectivity index (χ1v) is 10.1. The van der Waals surface area contributed by atoms with Gasteiger partial charge >= 0.3 is 0 Å². The van der Waals surface area contributed by atoms with E-state index in [0.717, 1.165) is 5.56 Å². The van der Waals surface area contributed by atoms with Crippen molar-refractivity contribution in [2.75, 3.05) is 4.90 Å². The Morgan fingerprint density at radius 3 is 2.37 bits per heavy atom. The number of hydrogen-bond acceptors (Lipinski definition) is 3. The van der Waals surface area contributed by atoms with Crippen molar-refractivity contribution in [3.63, 3.8) is 0 Å². The maximum absolute atomic E-state index is 13.5. The number of anilines is 1. The molecule has 3 aromatic carbocycles. The van der Waals surface area contributed by atoms with Gasteiger partial charge in [-0.05, 0) is 55.0 Å². The van der Waals surface area contributed by atoms with Gasteiger partial charge in [-0.15, -0.1) is 0 Å². The molecular formula is C24H15Cl2NO3. The van der Waals surface area contributed by atoms with E-state index < -0.39 is 11.9 Å². The number of benzene rings is 3. The molecule has 1 aliphatic heterocycles. The van der Waals surface area contributed by atoms with E-state index in [1.54, 1.807) is 59.5 Å². The van der Waals surface area contributed by atoms with Gasteiger partial charge in [-0.2, -0.15) is 0 Å². The lowest BCUT2D eigenvalue weighted by atomic mass is 9.98. The Bertz CT molecular complexity index is 1390. The first kappa shape index (κ1) is 18.9. The van der Waals surface area contributed by atoms with Crippen LogP contribution in [0, 0.1) is 6.92 Å². The minimum Gasteiger partial charge on any atom is -0.450 e. The summed E-state index contributed by atoms with van der Waals surface area (Å²) in [7, 11) is 0. The predicted octanol–water partition coefficient (Wildman–Crippen LogP) is 6.16. The van der Waals surface area contributed by atoms with Gasteiger partial charge in [-0.1, -0.05) is 53.0 Å². The average Bonchev–Trinajstić information content (AvgIpc) is 3.01. The third-order valence-electron chi connectivity index (χ3n) is 5.28. The maximum Gasteiger partial charge on any atom is 0.295 e. The second-order valence-corrected chi connectivity index (χ2v) is 8.16. The van der Waals surface area contributed by atoms with Crippen LogP contribution in [0.2, 0.25) is 10.0 Å². The van der Waals surface area contributed by atoms with Gasteiger partial charge in [-0.25, -0.2) is 0 Å². The van der Waals surface area contributed by atoms with Gasteiger partial charge in [0.1, 0.15) is 5.58 Å². The fraction of sp³-hybridized carbons (Fsp3) is 0.0833. The zero-order valence-corrected chi connectivity index (χ0v) is 17.4. The van der Waals surface area contributed by atoms with Crippen molar-refractivity contribution in [2.45, 2.75) is 13.0 Å². The van der Waals surface area contributed by atoms with E-state index in [-0.39, 0.29) is 11.2 Å². The molecule has 0 N–H and O–H groups in total. The number of fused-ring (bicyclic) bond motifs is 2. The molecule has 4 nitrogen and oxygen atoms in total. The summed E-state index contributed by atoms with van der Waals surface area (Å²) >= 11 is 12.4. The monoisotopic (exact) mass is 435 g/mol. The van der Waals surface area contributed by atoms with Crippen LogP contribution >= 0.6 is 23.2 Å². The van der Waals surface area contributed by atoms with Crippen LogP contribution in [0.5, 0.6) is 0 Å². The lowest BCUT2D eigenvalue weighted by molar-refractivity contribution is 0.0971. The van der Waals surface area contributed by atoms with Crippen molar-refractivity contribution in [3.05, 3.63) is 109 Å².